The summed E-state index contributed by atoms with van der Waals surface area (Å²) in [6, 6.07) is 23.1. The van der Waals surface area contributed by atoms with E-state index in [9.17, 15) is 19.5 Å². The number of nitrogens with zero attached hydrogens (tertiary/aromatic N) is 1. The van der Waals surface area contributed by atoms with Gasteiger partial charge in [-0.15, -0.1) is 0 Å². The monoisotopic (exact) mass is 512 g/mol. The van der Waals surface area contributed by atoms with Crippen molar-refractivity contribution in [2.24, 2.45) is 12.8 Å². The first kappa shape index (κ1) is 26.6. The first-order valence-electron chi connectivity index (χ1n) is 12.5. The highest BCUT2D eigenvalue weighted by Gasteiger charge is 2.28. The Bertz CT molecular complexity index is 1400. The van der Waals surface area contributed by atoms with Crippen molar-refractivity contribution in [3.8, 4) is 0 Å². The lowest BCUT2D eigenvalue weighted by Crippen LogP contribution is -2.55. The van der Waals surface area contributed by atoms with Crippen LogP contribution in [0.5, 0.6) is 0 Å². The third-order valence-electron chi connectivity index (χ3n) is 6.57. The molecule has 1 heterocycles. The van der Waals surface area contributed by atoms with Gasteiger partial charge in [-0.05, 0) is 29.2 Å². The van der Waals surface area contributed by atoms with Gasteiger partial charge in [-0.1, -0.05) is 78.9 Å². The minimum Gasteiger partial charge on any atom is -0.480 e. The van der Waals surface area contributed by atoms with Crippen LogP contribution >= 0.6 is 0 Å². The van der Waals surface area contributed by atoms with Gasteiger partial charge >= 0.3 is 5.97 Å². The summed E-state index contributed by atoms with van der Waals surface area (Å²) in [6.07, 6.45) is 2.55. The molecule has 0 aliphatic heterocycles. The Balaban J connectivity index is 1.49. The molecular formula is C30H32N4O4. The van der Waals surface area contributed by atoms with Crippen molar-refractivity contribution in [2.75, 3.05) is 0 Å². The maximum Gasteiger partial charge on any atom is 0.326 e. The van der Waals surface area contributed by atoms with E-state index in [1.165, 1.54) is 0 Å². The standard InChI is InChI=1S/C30H32N4O4/c1-34-19-22(23-14-8-9-15-27(23)34)18-24(31)28(35)32-25(16-20-10-4-2-5-11-20)29(36)33-26(30(37)38)17-21-12-6-3-7-13-21/h2-15,19,24-26H,16-18,31H2,1H3,(H,32,35)(H,33,36)(H,37,38)/t24-,25-,26-/m0/s1. The molecule has 3 atom stereocenters. The van der Waals surface area contributed by atoms with Crippen LogP contribution in [-0.4, -0.2) is 45.6 Å². The number of hydrogen-bond acceptors (Lipinski definition) is 4. The van der Waals surface area contributed by atoms with Crippen LogP contribution in [0.4, 0.5) is 0 Å². The molecule has 4 rings (SSSR count). The van der Waals surface area contributed by atoms with Crippen molar-refractivity contribution in [3.63, 3.8) is 0 Å². The Labute approximate surface area is 221 Å². The van der Waals surface area contributed by atoms with Gasteiger partial charge in [0.05, 0.1) is 6.04 Å². The van der Waals surface area contributed by atoms with Crippen LogP contribution < -0.4 is 16.4 Å². The van der Waals surface area contributed by atoms with Crippen LogP contribution in [0.15, 0.2) is 91.1 Å². The number of carbonyl (C=O) groups is 3. The number of aliphatic carboxylic acids is 1. The smallest absolute Gasteiger partial charge is 0.326 e. The topological polar surface area (TPSA) is 126 Å². The summed E-state index contributed by atoms with van der Waals surface area (Å²) < 4.78 is 1.99. The number of aromatic nitrogens is 1. The molecule has 8 heteroatoms. The van der Waals surface area contributed by atoms with Crippen LogP contribution in [0.1, 0.15) is 16.7 Å². The van der Waals surface area contributed by atoms with Gasteiger partial charge < -0.3 is 26.0 Å². The van der Waals surface area contributed by atoms with E-state index < -0.39 is 35.9 Å². The molecule has 5 N–H and O–H groups in total. The van der Waals surface area contributed by atoms with Crippen LogP contribution in [0, 0.1) is 0 Å². The number of rotatable bonds is 11. The Kier molecular flexibility index (Phi) is 8.55. The Morgan fingerprint density at radius 2 is 1.29 bits per heavy atom. The number of nitrogens with one attached hydrogen (secondary N) is 2. The number of fused-ring (bicyclic) bond motifs is 1. The maximum absolute atomic E-state index is 13.3. The zero-order valence-corrected chi connectivity index (χ0v) is 21.2. The maximum atomic E-state index is 13.3. The van der Waals surface area contributed by atoms with Gasteiger partial charge in [-0.3, -0.25) is 9.59 Å². The summed E-state index contributed by atoms with van der Waals surface area (Å²) >= 11 is 0. The summed E-state index contributed by atoms with van der Waals surface area (Å²) in [7, 11) is 1.94. The van der Waals surface area contributed by atoms with Gasteiger partial charge in [0, 0.05) is 37.0 Å². The van der Waals surface area contributed by atoms with Crippen molar-refractivity contribution in [2.45, 2.75) is 37.4 Å². The van der Waals surface area contributed by atoms with Gasteiger partial charge in [-0.25, -0.2) is 4.79 Å². The average Bonchev–Trinajstić information content (AvgIpc) is 3.23. The molecule has 0 saturated carbocycles. The third-order valence-corrected chi connectivity index (χ3v) is 6.57. The number of benzene rings is 3. The molecule has 196 valence electrons. The summed E-state index contributed by atoms with van der Waals surface area (Å²) in [4.78, 5) is 38.4. The molecule has 38 heavy (non-hydrogen) atoms. The van der Waals surface area contributed by atoms with E-state index in [2.05, 4.69) is 10.6 Å². The Morgan fingerprint density at radius 3 is 1.89 bits per heavy atom. The molecule has 0 spiro atoms. The van der Waals surface area contributed by atoms with Crippen molar-refractivity contribution >= 4 is 28.7 Å². The summed E-state index contributed by atoms with van der Waals surface area (Å²) in [5.41, 5.74) is 9.87. The van der Waals surface area contributed by atoms with Crippen LogP contribution in [0.2, 0.25) is 0 Å². The minimum absolute atomic E-state index is 0.120. The second kappa shape index (κ2) is 12.2. The molecule has 4 aromatic rings. The molecule has 0 saturated heterocycles. The van der Waals surface area contributed by atoms with Crippen LogP contribution in [0.25, 0.3) is 10.9 Å². The predicted molar refractivity (Wildman–Crippen MR) is 146 cm³/mol. The highest BCUT2D eigenvalue weighted by Crippen LogP contribution is 2.21. The lowest BCUT2D eigenvalue weighted by molar-refractivity contribution is -0.142. The second-order valence-corrected chi connectivity index (χ2v) is 9.43. The van der Waals surface area contributed by atoms with E-state index in [-0.39, 0.29) is 12.8 Å². The number of aryl methyl sites for hydroxylation is 1. The summed E-state index contributed by atoms with van der Waals surface area (Å²) in [5, 5.41) is 16.2. The molecular weight excluding hydrogens is 480 g/mol. The second-order valence-electron chi connectivity index (χ2n) is 9.43. The van der Waals surface area contributed by atoms with Gasteiger partial charge in [0.2, 0.25) is 11.8 Å². The first-order chi connectivity index (χ1) is 18.3. The minimum atomic E-state index is -1.15. The van der Waals surface area contributed by atoms with Crippen molar-refractivity contribution in [3.05, 3.63) is 108 Å². The zero-order chi connectivity index (χ0) is 27.1. The van der Waals surface area contributed by atoms with Gasteiger partial charge in [-0.2, -0.15) is 0 Å². The lowest BCUT2D eigenvalue weighted by atomic mass is 10.0. The summed E-state index contributed by atoms with van der Waals surface area (Å²) in [6.45, 7) is 0. The molecule has 8 nitrogen and oxygen atoms in total. The van der Waals surface area contributed by atoms with Gasteiger partial charge in [0.25, 0.3) is 0 Å². The van der Waals surface area contributed by atoms with Crippen molar-refractivity contribution in [1.82, 2.24) is 15.2 Å². The molecule has 0 unspecified atom stereocenters. The van der Waals surface area contributed by atoms with E-state index in [0.717, 1.165) is 27.6 Å². The highest BCUT2D eigenvalue weighted by atomic mass is 16.4. The number of nitrogens with two attached hydrogens (primary N) is 1. The SMILES string of the molecule is Cn1cc(C[C@H](N)C(=O)N[C@@H](Cc2ccccc2)C(=O)N[C@@H](Cc2ccccc2)C(=O)O)c2ccccc21. The lowest BCUT2D eigenvalue weighted by Gasteiger charge is -2.23. The third kappa shape index (κ3) is 6.66. The zero-order valence-electron chi connectivity index (χ0n) is 21.2. The van der Waals surface area contributed by atoms with E-state index in [1.807, 2.05) is 90.6 Å². The molecule has 0 aliphatic rings. The quantitative estimate of drug-likeness (QED) is 0.246. The Morgan fingerprint density at radius 1 is 0.763 bits per heavy atom. The van der Waals surface area contributed by atoms with Gasteiger partial charge in [0.15, 0.2) is 0 Å². The molecule has 0 fully saturated rings. The largest absolute Gasteiger partial charge is 0.480 e. The first-order valence-corrected chi connectivity index (χ1v) is 12.5. The highest BCUT2D eigenvalue weighted by molar-refractivity contribution is 5.92. The molecule has 3 aromatic carbocycles. The summed E-state index contributed by atoms with van der Waals surface area (Å²) in [5.74, 6) is -2.22. The number of carboxylic acids is 1. The molecule has 1 aromatic heterocycles. The van der Waals surface area contributed by atoms with Crippen LogP contribution in [0.3, 0.4) is 0 Å². The number of amides is 2. The fraction of sp³-hybridized carbons (Fsp3) is 0.233. The predicted octanol–water partition coefficient (Wildman–Crippen LogP) is 2.59. The number of para-hydroxylation sites is 1. The van der Waals surface area contributed by atoms with Crippen molar-refractivity contribution in [1.29, 1.82) is 0 Å². The fourth-order valence-electron chi connectivity index (χ4n) is 4.58. The number of carbonyl (C=O) groups excluding carboxylic acids is 2. The van der Waals surface area contributed by atoms with E-state index >= 15 is 0 Å². The average molecular weight is 513 g/mol. The Hall–Kier alpha value is -4.43. The molecule has 0 aliphatic carbocycles. The normalized spacial score (nSPS) is 13.4. The van der Waals surface area contributed by atoms with Crippen LogP contribution in [-0.2, 0) is 40.7 Å². The number of carboxylic acid groups (broad SMARTS) is 1. The van der Waals surface area contributed by atoms with E-state index in [0.29, 0.717) is 6.42 Å². The fourth-order valence-corrected chi connectivity index (χ4v) is 4.58. The number of hydrogen-bond donors (Lipinski definition) is 4. The molecule has 0 bridgehead atoms. The van der Waals surface area contributed by atoms with Crippen molar-refractivity contribution < 1.29 is 19.5 Å². The molecule has 0 radical (unpaired) electrons. The van der Waals surface area contributed by atoms with E-state index in [1.54, 1.807) is 12.1 Å². The van der Waals surface area contributed by atoms with Gasteiger partial charge in [0.1, 0.15) is 12.1 Å². The molecule has 2 amide bonds. The van der Waals surface area contributed by atoms with E-state index in [4.69, 9.17) is 5.73 Å².